The van der Waals surface area contributed by atoms with Gasteiger partial charge in [0.15, 0.2) is 0 Å². The Morgan fingerprint density at radius 2 is 2.10 bits per heavy atom. The quantitative estimate of drug-likeness (QED) is 0.295. The Morgan fingerprint density at radius 3 is 2.80 bits per heavy atom. The SMILES string of the molecule is COCCCNC(=O)C(=O)N/N=C\c1ccccc1O. The molecule has 1 aromatic rings. The second-order valence-corrected chi connectivity index (χ2v) is 3.86. The Hall–Kier alpha value is -2.41. The lowest BCUT2D eigenvalue weighted by atomic mass is 10.2. The minimum absolute atomic E-state index is 0.0366. The summed E-state index contributed by atoms with van der Waals surface area (Å²) in [7, 11) is 1.56. The molecule has 7 nitrogen and oxygen atoms in total. The second kappa shape index (κ2) is 8.65. The Labute approximate surface area is 116 Å². The van der Waals surface area contributed by atoms with Gasteiger partial charge in [0.2, 0.25) is 0 Å². The molecular weight excluding hydrogens is 262 g/mol. The summed E-state index contributed by atoms with van der Waals surface area (Å²) < 4.78 is 4.81. The molecule has 0 saturated heterocycles. The zero-order valence-corrected chi connectivity index (χ0v) is 11.1. The van der Waals surface area contributed by atoms with E-state index in [9.17, 15) is 14.7 Å². The first kappa shape index (κ1) is 15.6. The number of hydrogen-bond acceptors (Lipinski definition) is 5. The number of amides is 2. The Balaban J connectivity index is 2.35. The van der Waals surface area contributed by atoms with Crippen LogP contribution in [0.15, 0.2) is 29.4 Å². The highest BCUT2D eigenvalue weighted by molar-refractivity contribution is 6.35. The van der Waals surface area contributed by atoms with E-state index in [0.717, 1.165) is 0 Å². The van der Waals surface area contributed by atoms with Crippen molar-refractivity contribution in [3.05, 3.63) is 29.8 Å². The van der Waals surface area contributed by atoms with Crippen LogP contribution in [0.4, 0.5) is 0 Å². The van der Waals surface area contributed by atoms with Crippen molar-refractivity contribution in [1.29, 1.82) is 0 Å². The number of hydrazone groups is 1. The van der Waals surface area contributed by atoms with E-state index in [1.54, 1.807) is 25.3 Å². The predicted molar refractivity (Wildman–Crippen MR) is 73.3 cm³/mol. The summed E-state index contributed by atoms with van der Waals surface area (Å²) in [5, 5.41) is 15.5. The summed E-state index contributed by atoms with van der Waals surface area (Å²) in [4.78, 5) is 22.7. The number of nitrogens with zero attached hydrogens (tertiary/aromatic N) is 1. The Bertz CT molecular complexity index is 488. The van der Waals surface area contributed by atoms with Gasteiger partial charge in [-0.2, -0.15) is 5.10 Å². The van der Waals surface area contributed by atoms with Crippen LogP contribution in [-0.2, 0) is 14.3 Å². The van der Waals surface area contributed by atoms with Crippen molar-refractivity contribution in [3.8, 4) is 5.75 Å². The molecule has 108 valence electrons. The maximum atomic E-state index is 11.4. The number of phenols is 1. The van der Waals surface area contributed by atoms with E-state index in [1.807, 2.05) is 0 Å². The predicted octanol–water partition coefficient (Wildman–Crippen LogP) is -0.00500. The van der Waals surface area contributed by atoms with Gasteiger partial charge < -0.3 is 15.2 Å². The summed E-state index contributed by atoms with van der Waals surface area (Å²) >= 11 is 0. The number of carbonyl (C=O) groups excluding carboxylic acids is 2. The molecule has 0 spiro atoms. The van der Waals surface area contributed by atoms with Crippen LogP contribution < -0.4 is 10.7 Å². The molecule has 0 aliphatic carbocycles. The average molecular weight is 279 g/mol. The minimum atomic E-state index is -0.867. The molecule has 0 aliphatic heterocycles. The van der Waals surface area contributed by atoms with Crippen molar-refractivity contribution in [3.63, 3.8) is 0 Å². The van der Waals surface area contributed by atoms with Crippen molar-refractivity contribution in [2.45, 2.75) is 6.42 Å². The van der Waals surface area contributed by atoms with Gasteiger partial charge in [0, 0.05) is 25.8 Å². The molecular formula is C13H17N3O4. The van der Waals surface area contributed by atoms with Crippen molar-refractivity contribution >= 4 is 18.0 Å². The molecule has 3 N–H and O–H groups in total. The summed E-state index contributed by atoms with van der Waals surface area (Å²) in [6, 6.07) is 6.49. The van der Waals surface area contributed by atoms with Crippen molar-refractivity contribution in [1.82, 2.24) is 10.7 Å². The van der Waals surface area contributed by atoms with Crippen LogP contribution in [0.2, 0.25) is 0 Å². The summed E-state index contributed by atoms with van der Waals surface area (Å²) in [6.45, 7) is 0.858. The molecule has 0 radical (unpaired) electrons. The van der Waals surface area contributed by atoms with Crippen LogP contribution in [0, 0.1) is 0 Å². The summed E-state index contributed by atoms with van der Waals surface area (Å²) in [5.74, 6) is -1.60. The van der Waals surface area contributed by atoms with Gasteiger partial charge in [0.1, 0.15) is 5.75 Å². The standard InChI is InChI=1S/C13H17N3O4/c1-20-8-4-7-14-12(18)13(19)16-15-9-10-5-2-3-6-11(10)17/h2-3,5-6,9,17H,4,7-8H2,1H3,(H,14,18)(H,16,19)/b15-9-. The molecule has 0 aromatic heterocycles. The van der Waals surface area contributed by atoms with Crippen LogP contribution in [0.1, 0.15) is 12.0 Å². The number of nitrogens with one attached hydrogen (secondary N) is 2. The highest BCUT2D eigenvalue weighted by Gasteiger charge is 2.11. The normalized spacial score (nSPS) is 10.4. The number of phenolic OH excluding ortho intramolecular Hbond substituents is 1. The zero-order chi connectivity index (χ0) is 14.8. The highest BCUT2D eigenvalue weighted by atomic mass is 16.5. The number of rotatable bonds is 6. The lowest BCUT2D eigenvalue weighted by Crippen LogP contribution is -2.38. The lowest BCUT2D eigenvalue weighted by molar-refractivity contribution is -0.139. The third kappa shape index (κ3) is 5.49. The number of para-hydroxylation sites is 1. The van der Waals surface area contributed by atoms with Gasteiger partial charge in [-0.15, -0.1) is 0 Å². The fourth-order valence-electron chi connectivity index (χ4n) is 1.31. The van der Waals surface area contributed by atoms with E-state index in [2.05, 4.69) is 15.8 Å². The second-order valence-electron chi connectivity index (χ2n) is 3.86. The van der Waals surface area contributed by atoms with Gasteiger partial charge >= 0.3 is 11.8 Å². The van der Waals surface area contributed by atoms with Crippen molar-refractivity contribution in [2.24, 2.45) is 5.10 Å². The van der Waals surface area contributed by atoms with E-state index in [0.29, 0.717) is 25.1 Å². The first-order valence-corrected chi connectivity index (χ1v) is 6.03. The number of methoxy groups -OCH3 is 1. The first-order chi connectivity index (χ1) is 9.65. The van der Waals surface area contributed by atoms with Crippen molar-refractivity contribution in [2.75, 3.05) is 20.3 Å². The fraction of sp³-hybridized carbons (Fsp3) is 0.308. The molecule has 0 atom stereocenters. The topological polar surface area (TPSA) is 100 Å². The molecule has 20 heavy (non-hydrogen) atoms. The minimum Gasteiger partial charge on any atom is -0.507 e. The number of ether oxygens (including phenoxy) is 1. The Kier molecular flexibility index (Phi) is 6.77. The molecule has 0 heterocycles. The van der Waals surface area contributed by atoms with Crippen LogP contribution in [0.5, 0.6) is 5.75 Å². The fourth-order valence-corrected chi connectivity index (χ4v) is 1.31. The van der Waals surface area contributed by atoms with Crippen LogP contribution in [0.25, 0.3) is 0 Å². The molecule has 0 bridgehead atoms. The maximum Gasteiger partial charge on any atom is 0.329 e. The van der Waals surface area contributed by atoms with Gasteiger partial charge in [-0.3, -0.25) is 9.59 Å². The number of aromatic hydroxyl groups is 1. The molecule has 2 amide bonds. The Morgan fingerprint density at radius 1 is 1.35 bits per heavy atom. The van der Waals surface area contributed by atoms with Crippen molar-refractivity contribution < 1.29 is 19.4 Å². The van der Waals surface area contributed by atoms with Gasteiger partial charge in [-0.25, -0.2) is 5.43 Å². The summed E-state index contributed by atoms with van der Waals surface area (Å²) in [5.41, 5.74) is 2.51. The highest BCUT2D eigenvalue weighted by Crippen LogP contribution is 2.12. The van der Waals surface area contributed by atoms with E-state index >= 15 is 0 Å². The third-order valence-electron chi connectivity index (χ3n) is 2.32. The summed E-state index contributed by atoms with van der Waals surface area (Å²) in [6.07, 6.45) is 1.88. The van der Waals surface area contributed by atoms with Gasteiger partial charge in [0.05, 0.1) is 6.21 Å². The number of benzene rings is 1. The van der Waals surface area contributed by atoms with Gasteiger partial charge in [-0.1, -0.05) is 12.1 Å². The monoisotopic (exact) mass is 279 g/mol. The molecule has 0 aliphatic rings. The number of hydrogen-bond donors (Lipinski definition) is 3. The molecule has 0 saturated carbocycles. The molecule has 0 fully saturated rings. The largest absolute Gasteiger partial charge is 0.507 e. The van der Waals surface area contributed by atoms with Crippen LogP contribution in [-0.4, -0.2) is 43.4 Å². The lowest BCUT2D eigenvalue weighted by Gasteiger charge is -2.03. The first-order valence-electron chi connectivity index (χ1n) is 6.03. The van der Waals surface area contributed by atoms with Crippen LogP contribution in [0.3, 0.4) is 0 Å². The van der Waals surface area contributed by atoms with E-state index in [4.69, 9.17) is 4.74 Å². The molecule has 7 heteroatoms. The molecule has 0 unspecified atom stereocenters. The van der Waals surface area contributed by atoms with Gasteiger partial charge in [-0.05, 0) is 18.6 Å². The van der Waals surface area contributed by atoms with Crippen LogP contribution >= 0.6 is 0 Å². The van der Waals surface area contributed by atoms with E-state index in [-0.39, 0.29) is 5.75 Å². The maximum absolute atomic E-state index is 11.4. The van der Waals surface area contributed by atoms with E-state index < -0.39 is 11.8 Å². The van der Waals surface area contributed by atoms with E-state index in [1.165, 1.54) is 12.3 Å². The molecule has 1 rings (SSSR count). The number of carbonyl (C=O) groups is 2. The third-order valence-corrected chi connectivity index (χ3v) is 2.32. The molecule has 1 aromatic carbocycles. The average Bonchev–Trinajstić information content (AvgIpc) is 2.45. The van der Waals surface area contributed by atoms with Gasteiger partial charge in [0.25, 0.3) is 0 Å². The smallest absolute Gasteiger partial charge is 0.329 e. The zero-order valence-electron chi connectivity index (χ0n) is 11.1.